The normalized spacial score (nSPS) is 14.5. The fourth-order valence-electron chi connectivity index (χ4n) is 1.77. The van der Waals surface area contributed by atoms with Crippen molar-refractivity contribution in [1.29, 1.82) is 0 Å². The average molecular weight is 283 g/mol. The molecule has 0 aliphatic carbocycles. The number of hydrogen-bond donors (Lipinski definition) is 1. The fraction of sp³-hybridized carbons (Fsp3) is 0.571. The van der Waals surface area contributed by atoms with Gasteiger partial charge in [-0.3, -0.25) is 4.84 Å². The number of fused-ring (bicyclic) bond motifs is 1. The van der Waals surface area contributed by atoms with Gasteiger partial charge in [0.05, 0.1) is 5.60 Å². The lowest BCUT2D eigenvalue weighted by atomic mass is 10.2. The molecule has 1 aliphatic rings. The molecule has 0 atom stereocenters. The van der Waals surface area contributed by atoms with Crippen LogP contribution in [0.15, 0.2) is 17.0 Å². The van der Waals surface area contributed by atoms with Gasteiger partial charge >= 0.3 is 0 Å². The van der Waals surface area contributed by atoms with E-state index in [-0.39, 0.29) is 5.60 Å². The van der Waals surface area contributed by atoms with Crippen molar-refractivity contribution in [2.24, 2.45) is 0 Å². The Morgan fingerprint density at radius 1 is 1.21 bits per heavy atom. The summed E-state index contributed by atoms with van der Waals surface area (Å²) in [5.74, 6) is 1.65. The van der Waals surface area contributed by atoms with Gasteiger partial charge in [-0.15, -0.1) is 11.8 Å². The third kappa shape index (κ3) is 4.03. The summed E-state index contributed by atoms with van der Waals surface area (Å²) < 4.78 is 11.2. The van der Waals surface area contributed by atoms with Gasteiger partial charge in [-0.1, -0.05) is 0 Å². The van der Waals surface area contributed by atoms with Crippen LogP contribution in [-0.2, 0) is 11.4 Å². The van der Waals surface area contributed by atoms with Crippen molar-refractivity contribution in [2.45, 2.75) is 37.8 Å². The minimum Gasteiger partial charge on any atom is -0.486 e. The zero-order chi connectivity index (χ0) is 13.9. The summed E-state index contributed by atoms with van der Waals surface area (Å²) in [5, 5.41) is 0. The van der Waals surface area contributed by atoms with E-state index in [2.05, 4.69) is 11.7 Å². The van der Waals surface area contributed by atoms with E-state index in [9.17, 15) is 0 Å². The largest absolute Gasteiger partial charge is 0.486 e. The predicted octanol–water partition coefficient (Wildman–Crippen LogP) is 3.00. The Kier molecular flexibility index (Phi) is 4.60. The predicted molar refractivity (Wildman–Crippen MR) is 76.9 cm³/mol. The van der Waals surface area contributed by atoms with E-state index in [1.54, 1.807) is 11.8 Å². The molecular formula is C14H21NO3S. The van der Waals surface area contributed by atoms with E-state index in [0.29, 0.717) is 19.8 Å². The Balaban J connectivity index is 2.10. The van der Waals surface area contributed by atoms with Crippen LogP contribution < -0.4 is 15.0 Å². The first-order valence-electron chi connectivity index (χ1n) is 6.37. The molecule has 0 fully saturated rings. The van der Waals surface area contributed by atoms with E-state index >= 15 is 0 Å². The summed E-state index contributed by atoms with van der Waals surface area (Å²) in [5.41, 5.74) is 3.97. The molecule has 0 saturated heterocycles. The third-order valence-electron chi connectivity index (χ3n) is 2.59. The van der Waals surface area contributed by atoms with Gasteiger partial charge in [-0.05, 0) is 44.7 Å². The minimum atomic E-state index is -0.201. The number of benzene rings is 1. The molecule has 0 spiro atoms. The second-order valence-corrected chi connectivity index (χ2v) is 6.19. The first-order valence-corrected chi connectivity index (χ1v) is 7.59. The monoisotopic (exact) mass is 283 g/mol. The maximum Gasteiger partial charge on any atom is 0.162 e. The molecule has 0 amide bonds. The van der Waals surface area contributed by atoms with Crippen LogP contribution in [0.4, 0.5) is 0 Å². The molecule has 0 aromatic heterocycles. The molecule has 19 heavy (non-hydrogen) atoms. The van der Waals surface area contributed by atoms with Gasteiger partial charge < -0.3 is 9.47 Å². The maximum atomic E-state index is 5.61. The van der Waals surface area contributed by atoms with E-state index in [4.69, 9.17) is 14.3 Å². The number of hydroxylamine groups is 1. The number of hydrogen-bond acceptors (Lipinski definition) is 5. The highest BCUT2D eigenvalue weighted by molar-refractivity contribution is 7.98. The Bertz CT molecular complexity index is 443. The molecule has 1 N–H and O–H groups in total. The summed E-state index contributed by atoms with van der Waals surface area (Å²) in [6, 6.07) is 4.06. The molecule has 0 saturated carbocycles. The summed E-state index contributed by atoms with van der Waals surface area (Å²) in [4.78, 5) is 6.72. The quantitative estimate of drug-likeness (QED) is 0.679. The minimum absolute atomic E-state index is 0.201. The Morgan fingerprint density at radius 3 is 2.42 bits per heavy atom. The van der Waals surface area contributed by atoms with E-state index in [0.717, 1.165) is 17.1 Å². The molecule has 2 rings (SSSR count). The van der Waals surface area contributed by atoms with E-state index in [1.807, 2.05) is 32.9 Å². The molecule has 1 aromatic carbocycles. The zero-order valence-corrected chi connectivity index (χ0v) is 12.7. The first-order chi connectivity index (χ1) is 8.99. The van der Waals surface area contributed by atoms with Crippen LogP contribution in [0.5, 0.6) is 11.5 Å². The first kappa shape index (κ1) is 14.5. The van der Waals surface area contributed by atoms with Gasteiger partial charge in [0.1, 0.15) is 13.2 Å². The van der Waals surface area contributed by atoms with Crippen molar-refractivity contribution in [3.05, 3.63) is 17.7 Å². The second-order valence-electron chi connectivity index (χ2n) is 5.34. The van der Waals surface area contributed by atoms with Crippen molar-refractivity contribution < 1.29 is 14.3 Å². The van der Waals surface area contributed by atoms with E-state index in [1.165, 1.54) is 4.90 Å². The summed E-state index contributed by atoms with van der Waals surface area (Å²) in [7, 11) is 0. The van der Waals surface area contributed by atoms with Gasteiger partial charge in [0, 0.05) is 11.4 Å². The lowest BCUT2D eigenvalue weighted by molar-refractivity contribution is -0.0760. The molecule has 5 heteroatoms. The molecule has 0 radical (unpaired) electrons. The van der Waals surface area contributed by atoms with Crippen molar-refractivity contribution in [3.8, 4) is 11.5 Å². The second kappa shape index (κ2) is 6.03. The van der Waals surface area contributed by atoms with Crippen LogP contribution in [0.3, 0.4) is 0 Å². The lowest BCUT2D eigenvalue weighted by Gasteiger charge is -2.22. The van der Waals surface area contributed by atoms with Gasteiger partial charge in [-0.2, -0.15) is 5.48 Å². The Labute approximate surface area is 118 Å². The van der Waals surface area contributed by atoms with Gasteiger partial charge in [0.25, 0.3) is 0 Å². The Hall–Kier alpha value is -0.910. The number of nitrogens with one attached hydrogen (secondary N) is 1. The van der Waals surface area contributed by atoms with Crippen molar-refractivity contribution in [2.75, 3.05) is 19.5 Å². The van der Waals surface area contributed by atoms with Gasteiger partial charge in [0.2, 0.25) is 0 Å². The third-order valence-corrected chi connectivity index (χ3v) is 3.41. The highest BCUT2D eigenvalue weighted by atomic mass is 32.2. The van der Waals surface area contributed by atoms with E-state index < -0.39 is 0 Å². The molecule has 1 aliphatic heterocycles. The summed E-state index contributed by atoms with van der Waals surface area (Å²) in [6.45, 7) is 7.91. The van der Waals surface area contributed by atoms with Crippen molar-refractivity contribution in [1.82, 2.24) is 5.48 Å². The van der Waals surface area contributed by atoms with Crippen LogP contribution in [0.25, 0.3) is 0 Å². The number of rotatable bonds is 4. The molecular weight excluding hydrogens is 262 g/mol. The van der Waals surface area contributed by atoms with Crippen LogP contribution >= 0.6 is 11.8 Å². The standard InChI is InChI=1S/C14H21NO3S/c1-14(2,3)18-15-9-10-7-11-12(8-13(10)19-4)17-6-5-16-11/h7-8,15H,5-6,9H2,1-4H3. The summed E-state index contributed by atoms with van der Waals surface area (Å²) in [6.07, 6.45) is 2.06. The summed E-state index contributed by atoms with van der Waals surface area (Å²) >= 11 is 1.70. The molecule has 106 valence electrons. The molecule has 1 heterocycles. The van der Waals surface area contributed by atoms with Crippen LogP contribution in [0.1, 0.15) is 26.3 Å². The van der Waals surface area contributed by atoms with Gasteiger partial charge in [0.15, 0.2) is 11.5 Å². The van der Waals surface area contributed by atoms with Crippen LogP contribution in [0.2, 0.25) is 0 Å². The van der Waals surface area contributed by atoms with Crippen molar-refractivity contribution >= 4 is 11.8 Å². The number of thioether (sulfide) groups is 1. The zero-order valence-electron chi connectivity index (χ0n) is 11.9. The molecule has 1 aromatic rings. The molecule has 0 unspecified atom stereocenters. The smallest absolute Gasteiger partial charge is 0.162 e. The average Bonchev–Trinajstić information content (AvgIpc) is 2.36. The Morgan fingerprint density at radius 2 is 1.84 bits per heavy atom. The van der Waals surface area contributed by atoms with Crippen molar-refractivity contribution in [3.63, 3.8) is 0 Å². The fourth-order valence-corrected chi connectivity index (χ4v) is 2.39. The highest BCUT2D eigenvalue weighted by Gasteiger charge is 2.16. The topological polar surface area (TPSA) is 39.7 Å². The molecule has 4 nitrogen and oxygen atoms in total. The lowest BCUT2D eigenvalue weighted by Crippen LogP contribution is -2.29. The van der Waals surface area contributed by atoms with Crippen LogP contribution in [-0.4, -0.2) is 25.1 Å². The number of ether oxygens (including phenoxy) is 2. The maximum absolute atomic E-state index is 5.61. The molecule has 0 bridgehead atoms. The van der Waals surface area contributed by atoms with Gasteiger partial charge in [-0.25, -0.2) is 0 Å². The SMILES string of the molecule is CSc1cc2c(cc1CNOC(C)(C)C)OCCO2. The van der Waals surface area contributed by atoms with Crippen LogP contribution in [0, 0.1) is 0 Å². The highest BCUT2D eigenvalue weighted by Crippen LogP contribution is 2.36.